The van der Waals surface area contributed by atoms with Gasteiger partial charge in [0.05, 0.1) is 13.2 Å². The van der Waals surface area contributed by atoms with Crippen LogP contribution in [0.3, 0.4) is 0 Å². The molecule has 0 radical (unpaired) electrons. The van der Waals surface area contributed by atoms with Gasteiger partial charge in [0, 0.05) is 19.6 Å². The Morgan fingerprint density at radius 2 is 2.07 bits per heavy atom. The van der Waals surface area contributed by atoms with Crippen molar-refractivity contribution in [1.82, 2.24) is 4.90 Å². The molecule has 1 aromatic rings. The molecule has 0 aromatic heterocycles. The van der Waals surface area contributed by atoms with E-state index in [9.17, 15) is 0 Å². The molecule has 1 saturated heterocycles. The third-order valence-electron chi connectivity index (χ3n) is 2.27. The quantitative estimate of drug-likeness (QED) is 0.451. The van der Waals surface area contributed by atoms with Gasteiger partial charge in [-0.1, -0.05) is 0 Å². The molecule has 1 aliphatic rings. The molecule has 2 rings (SSSR count). The van der Waals surface area contributed by atoms with Crippen LogP contribution in [0, 0.1) is 6.07 Å². The fourth-order valence-corrected chi connectivity index (χ4v) is 1.53. The van der Waals surface area contributed by atoms with Crippen molar-refractivity contribution in [3.8, 4) is 0 Å². The summed E-state index contributed by atoms with van der Waals surface area (Å²) in [6, 6.07) is 11.4. The zero-order chi connectivity index (χ0) is 10.9. The predicted octanol–water partition coefficient (Wildman–Crippen LogP) is 2.20. The summed E-state index contributed by atoms with van der Waals surface area (Å²) in [6.07, 6.45) is 0. The Kier molecular flexibility index (Phi) is 7.79. The minimum absolute atomic E-state index is 0.868. The summed E-state index contributed by atoms with van der Waals surface area (Å²) < 4.78 is 5.29. The third kappa shape index (κ3) is 5.39. The van der Waals surface area contributed by atoms with Gasteiger partial charge in [-0.3, -0.25) is 4.90 Å². The van der Waals surface area contributed by atoms with Crippen LogP contribution in [-0.2, 0) is 26.1 Å². The van der Waals surface area contributed by atoms with Gasteiger partial charge < -0.3 is 4.74 Å². The molecular formula is C11H14INOZn. The molecule has 0 aliphatic carbocycles. The van der Waals surface area contributed by atoms with Crippen molar-refractivity contribution in [3.63, 3.8) is 0 Å². The van der Waals surface area contributed by atoms with Crippen molar-refractivity contribution < 1.29 is 19.5 Å². The van der Waals surface area contributed by atoms with E-state index in [4.69, 9.17) is 4.74 Å². The van der Waals surface area contributed by atoms with Crippen molar-refractivity contribution in [2.75, 3.05) is 26.3 Å². The summed E-state index contributed by atoms with van der Waals surface area (Å²) in [7, 11) is 0. The Balaban J connectivity index is 0.000000531. The summed E-state index contributed by atoms with van der Waals surface area (Å²) in [6.45, 7) is 4.83. The standard InChI is InChI=1S/C11H14NO.HI.Zn/c1-2-4-11(5-3-1)10-12-6-8-13-9-7-12;;/h1-4H,6-10H2;1H;/q-1;;+2/p-1. The molecule has 0 N–H and O–H groups in total. The molecule has 78 valence electrons. The second-order valence-corrected chi connectivity index (χ2v) is 3.28. The van der Waals surface area contributed by atoms with Crippen molar-refractivity contribution in [2.45, 2.75) is 6.54 Å². The zero-order valence-corrected chi connectivity index (χ0v) is 13.9. The molecule has 0 saturated carbocycles. The van der Waals surface area contributed by atoms with Crippen LogP contribution in [0.25, 0.3) is 0 Å². The minimum atomic E-state index is 0.868. The molecule has 15 heavy (non-hydrogen) atoms. The molecule has 0 amide bonds. The van der Waals surface area contributed by atoms with Crippen LogP contribution < -0.4 is 0 Å². The number of rotatable bonds is 2. The van der Waals surface area contributed by atoms with E-state index in [2.05, 4.69) is 42.8 Å². The molecule has 4 heteroatoms. The van der Waals surface area contributed by atoms with Gasteiger partial charge in [0.1, 0.15) is 0 Å². The molecule has 1 fully saturated rings. The number of benzene rings is 1. The predicted molar refractivity (Wildman–Crippen MR) is 65.4 cm³/mol. The first-order valence-corrected chi connectivity index (χ1v) is 14.0. The van der Waals surface area contributed by atoms with E-state index < -0.39 is 0 Å². The number of hydrogen-bond donors (Lipinski definition) is 0. The van der Waals surface area contributed by atoms with E-state index in [0.29, 0.717) is 0 Å². The van der Waals surface area contributed by atoms with E-state index in [1.807, 2.05) is 12.1 Å². The van der Waals surface area contributed by atoms with Gasteiger partial charge >= 0.3 is 34.5 Å². The Labute approximate surface area is 112 Å². The second kappa shape index (κ2) is 8.62. The van der Waals surface area contributed by atoms with E-state index in [1.165, 1.54) is 20.4 Å². The normalized spacial score (nSPS) is 16.7. The molecule has 0 atom stereocenters. The number of hydrogen-bond acceptors (Lipinski definition) is 2. The van der Waals surface area contributed by atoms with Crippen molar-refractivity contribution in [1.29, 1.82) is 0 Å². The summed E-state index contributed by atoms with van der Waals surface area (Å²) in [5.41, 5.74) is 1.27. The van der Waals surface area contributed by atoms with Gasteiger partial charge in [-0.05, 0) is 0 Å². The van der Waals surface area contributed by atoms with E-state index in [-0.39, 0.29) is 0 Å². The van der Waals surface area contributed by atoms with Crippen LogP contribution in [0.4, 0.5) is 0 Å². The first kappa shape index (κ1) is 13.6. The Morgan fingerprint density at radius 3 is 2.67 bits per heavy atom. The van der Waals surface area contributed by atoms with E-state index >= 15 is 0 Å². The van der Waals surface area contributed by atoms with Gasteiger partial charge in [0.15, 0.2) is 0 Å². The van der Waals surface area contributed by atoms with Gasteiger partial charge in [0.2, 0.25) is 0 Å². The SMILES string of the molecule is [Zn+][I].[c-]1ccccc1CN1CCOCC1. The Hall–Kier alpha value is 0.493. The van der Waals surface area contributed by atoms with Crippen LogP contribution in [0.2, 0.25) is 0 Å². The monoisotopic (exact) mass is 367 g/mol. The smallest absolute Gasteiger partial charge is 0.0594 e. The fourth-order valence-electron chi connectivity index (χ4n) is 1.53. The number of halogens is 1. The maximum Gasteiger partial charge on any atom is 0.0594 e. The molecule has 0 bridgehead atoms. The van der Waals surface area contributed by atoms with Crippen LogP contribution in [-0.4, -0.2) is 31.2 Å². The number of morpholine rings is 1. The second-order valence-electron chi connectivity index (χ2n) is 3.28. The molecule has 1 aromatic carbocycles. The fraction of sp³-hybridized carbons (Fsp3) is 0.455. The van der Waals surface area contributed by atoms with Crippen LogP contribution in [0.15, 0.2) is 24.3 Å². The molecule has 2 nitrogen and oxygen atoms in total. The topological polar surface area (TPSA) is 12.5 Å². The van der Waals surface area contributed by atoms with Crippen LogP contribution in [0.5, 0.6) is 0 Å². The summed E-state index contributed by atoms with van der Waals surface area (Å²) >= 11 is 3.62. The molecule has 0 spiro atoms. The summed E-state index contributed by atoms with van der Waals surface area (Å²) in [5.74, 6) is 0. The number of ether oxygens (including phenoxy) is 1. The summed E-state index contributed by atoms with van der Waals surface area (Å²) in [4.78, 5) is 2.40. The number of nitrogens with zero attached hydrogens (tertiary/aromatic N) is 1. The summed E-state index contributed by atoms with van der Waals surface area (Å²) in [5, 5.41) is 0. The van der Waals surface area contributed by atoms with Crippen molar-refractivity contribution in [2.24, 2.45) is 0 Å². The van der Waals surface area contributed by atoms with Crippen LogP contribution >= 0.6 is 19.8 Å². The maximum atomic E-state index is 5.29. The van der Waals surface area contributed by atoms with Crippen LogP contribution in [0.1, 0.15) is 5.56 Å². The zero-order valence-electron chi connectivity index (χ0n) is 8.79. The average molecular weight is 369 g/mol. The third-order valence-corrected chi connectivity index (χ3v) is 2.27. The Morgan fingerprint density at radius 1 is 1.33 bits per heavy atom. The van der Waals surface area contributed by atoms with E-state index in [0.717, 1.165) is 32.8 Å². The van der Waals surface area contributed by atoms with Crippen molar-refractivity contribution in [3.05, 3.63) is 35.9 Å². The molecule has 1 heterocycles. The van der Waals surface area contributed by atoms with Gasteiger partial charge in [-0.2, -0.15) is 30.3 Å². The average Bonchev–Trinajstić information content (AvgIpc) is 2.34. The Bertz CT molecular complexity index is 252. The van der Waals surface area contributed by atoms with Gasteiger partial charge in [0.25, 0.3) is 0 Å². The molecular weight excluding hydrogens is 354 g/mol. The van der Waals surface area contributed by atoms with E-state index in [1.54, 1.807) is 0 Å². The first-order chi connectivity index (χ1) is 7.45. The first-order valence-electron chi connectivity index (χ1n) is 4.97. The minimum Gasteiger partial charge on any atom is -0.379 e. The largest absolute Gasteiger partial charge is 0.379 e. The van der Waals surface area contributed by atoms with Gasteiger partial charge in [-0.25, -0.2) is 0 Å². The molecule has 1 aliphatic heterocycles. The van der Waals surface area contributed by atoms with Gasteiger partial charge in [-0.15, -0.1) is 5.56 Å². The maximum absolute atomic E-state index is 5.29. The van der Waals surface area contributed by atoms with Crippen molar-refractivity contribution >= 4 is 19.8 Å². The molecule has 0 unspecified atom stereocenters.